The zero-order chi connectivity index (χ0) is 12.9. The molecule has 0 fully saturated rings. The second-order valence-electron chi connectivity index (χ2n) is 4.58. The Labute approximate surface area is 113 Å². The first-order chi connectivity index (χ1) is 7.94. The van der Waals surface area contributed by atoms with Gasteiger partial charge in [0.15, 0.2) is 0 Å². The number of rotatable bonds is 6. The Morgan fingerprint density at radius 3 is 2.53 bits per heavy atom. The Hall–Kier alpha value is -0.220. The van der Waals surface area contributed by atoms with E-state index in [1.54, 1.807) is 11.8 Å². The fourth-order valence-corrected chi connectivity index (χ4v) is 2.45. The Morgan fingerprint density at radius 1 is 1.41 bits per heavy atom. The van der Waals surface area contributed by atoms with Crippen molar-refractivity contribution in [2.24, 2.45) is 0 Å². The van der Waals surface area contributed by atoms with Crippen molar-refractivity contribution in [3.05, 3.63) is 34.9 Å². The molecule has 0 saturated carbocycles. The molecule has 1 rings (SSSR count). The Kier molecular flexibility index (Phi) is 5.80. The molecule has 1 aromatic carbocycles. The van der Waals surface area contributed by atoms with E-state index >= 15 is 0 Å². The number of benzene rings is 1. The molecule has 2 N–H and O–H groups in total. The highest BCUT2D eigenvalue weighted by molar-refractivity contribution is 7.98. The second kappa shape index (κ2) is 6.64. The van der Waals surface area contributed by atoms with Crippen molar-refractivity contribution in [1.82, 2.24) is 5.32 Å². The number of aliphatic hydroxyl groups is 1. The standard InChI is InChI=1S/C13H20ClNOS/c1-10(11-4-6-12(14)7-5-11)15-8-13(2,16)9-17-3/h4-7,10,15-16H,8-9H2,1-3H3/t10-,13+/m0/s1. The van der Waals surface area contributed by atoms with Crippen molar-refractivity contribution in [1.29, 1.82) is 0 Å². The molecule has 0 unspecified atom stereocenters. The zero-order valence-electron chi connectivity index (χ0n) is 10.5. The highest BCUT2D eigenvalue weighted by Gasteiger charge is 2.20. The van der Waals surface area contributed by atoms with Gasteiger partial charge in [0, 0.05) is 23.4 Å². The molecule has 0 heterocycles. The summed E-state index contributed by atoms with van der Waals surface area (Å²) in [6.45, 7) is 4.52. The summed E-state index contributed by atoms with van der Waals surface area (Å²) >= 11 is 7.49. The number of hydrogen-bond donors (Lipinski definition) is 2. The van der Waals surface area contributed by atoms with Crippen LogP contribution in [0.25, 0.3) is 0 Å². The van der Waals surface area contributed by atoms with E-state index in [4.69, 9.17) is 11.6 Å². The minimum Gasteiger partial charge on any atom is -0.388 e. The molecule has 1 aromatic rings. The van der Waals surface area contributed by atoms with E-state index in [1.165, 1.54) is 5.56 Å². The monoisotopic (exact) mass is 273 g/mol. The Morgan fingerprint density at radius 2 is 2.00 bits per heavy atom. The highest BCUT2D eigenvalue weighted by Crippen LogP contribution is 2.17. The molecule has 4 heteroatoms. The maximum absolute atomic E-state index is 10.0. The molecule has 0 saturated heterocycles. The number of thioether (sulfide) groups is 1. The van der Waals surface area contributed by atoms with Crippen molar-refractivity contribution in [2.75, 3.05) is 18.6 Å². The van der Waals surface area contributed by atoms with Crippen LogP contribution in [0.2, 0.25) is 5.02 Å². The minimum absolute atomic E-state index is 0.209. The third-order valence-electron chi connectivity index (χ3n) is 2.61. The maximum atomic E-state index is 10.0. The van der Waals surface area contributed by atoms with Crippen LogP contribution in [0.15, 0.2) is 24.3 Å². The van der Waals surface area contributed by atoms with Crippen LogP contribution >= 0.6 is 23.4 Å². The molecule has 0 amide bonds. The van der Waals surface area contributed by atoms with Gasteiger partial charge in [-0.25, -0.2) is 0 Å². The molecule has 17 heavy (non-hydrogen) atoms. The smallest absolute Gasteiger partial charge is 0.0833 e. The van der Waals surface area contributed by atoms with Crippen LogP contribution in [-0.4, -0.2) is 29.3 Å². The van der Waals surface area contributed by atoms with E-state index < -0.39 is 5.60 Å². The average molecular weight is 274 g/mol. The number of halogens is 1. The summed E-state index contributed by atoms with van der Waals surface area (Å²) in [6, 6.07) is 7.98. The molecule has 0 bridgehead atoms. The van der Waals surface area contributed by atoms with Gasteiger partial charge in [0.25, 0.3) is 0 Å². The van der Waals surface area contributed by atoms with Gasteiger partial charge >= 0.3 is 0 Å². The van der Waals surface area contributed by atoms with Gasteiger partial charge in [-0.1, -0.05) is 23.7 Å². The largest absolute Gasteiger partial charge is 0.388 e. The first-order valence-electron chi connectivity index (χ1n) is 5.65. The number of nitrogens with one attached hydrogen (secondary N) is 1. The summed E-state index contributed by atoms with van der Waals surface area (Å²) < 4.78 is 0. The van der Waals surface area contributed by atoms with E-state index in [0.717, 1.165) is 10.8 Å². The van der Waals surface area contributed by atoms with Gasteiger partial charge < -0.3 is 10.4 Å². The van der Waals surface area contributed by atoms with E-state index in [9.17, 15) is 5.11 Å². The van der Waals surface area contributed by atoms with Gasteiger partial charge in [-0.15, -0.1) is 0 Å². The van der Waals surface area contributed by atoms with Crippen molar-refractivity contribution >= 4 is 23.4 Å². The summed E-state index contributed by atoms with van der Waals surface area (Å²) in [5, 5.41) is 14.1. The Balaban J connectivity index is 2.49. The van der Waals surface area contributed by atoms with E-state index in [0.29, 0.717) is 6.54 Å². The molecule has 0 aromatic heterocycles. The summed E-state index contributed by atoms with van der Waals surface area (Å²) in [5.74, 6) is 0.730. The fourth-order valence-electron chi connectivity index (χ4n) is 1.60. The van der Waals surface area contributed by atoms with Crippen LogP contribution in [0, 0.1) is 0 Å². The SMILES string of the molecule is CSC[C@](C)(O)CN[C@@H](C)c1ccc(Cl)cc1. The lowest BCUT2D eigenvalue weighted by Gasteiger charge is -2.25. The molecular weight excluding hydrogens is 254 g/mol. The lowest BCUT2D eigenvalue weighted by Crippen LogP contribution is -2.40. The fraction of sp³-hybridized carbons (Fsp3) is 0.538. The molecule has 2 atom stereocenters. The van der Waals surface area contributed by atoms with Crippen LogP contribution in [0.5, 0.6) is 0 Å². The summed E-state index contributed by atoms with van der Waals surface area (Å²) in [5.41, 5.74) is 0.509. The molecule has 96 valence electrons. The van der Waals surface area contributed by atoms with Crippen molar-refractivity contribution in [3.8, 4) is 0 Å². The molecule has 2 nitrogen and oxygen atoms in total. The molecule has 0 aliphatic heterocycles. The number of hydrogen-bond acceptors (Lipinski definition) is 3. The van der Waals surface area contributed by atoms with Crippen LogP contribution in [0.3, 0.4) is 0 Å². The van der Waals surface area contributed by atoms with Gasteiger partial charge in [-0.3, -0.25) is 0 Å². The van der Waals surface area contributed by atoms with Gasteiger partial charge in [-0.2, -0.15) is 11.8 Å². The average Bonchev–Trinajstić information content (AvgIpc) is 2.27. The van der Waals surface area contributed by atoms with Crippen molar-refractivity contribution in [2.45, 2.75) is 25.5 Å². The first kappa shape index (κ1) is 14.8. The topological polar surface area (TPSA) is 32.3 Å². The van der Waals surface area contributed by atoms with Gasteiger partial charge in [0.2, 0.25) is 0 Å². The first-order valence-corrected chi connectivity index (χ1v) is 7.42. The van der Waals surface area contributed by atoms with Crippen LogP contribution in [-0.2, 0) is 0 Å². The Bertz CT molecular complexity index is 340. The summed E-state index contributed by atoms with van der Waals surface area (Å²) in [7, 11) is 0. The maximum Gasteiger partial charge on any atom is 0.0833 e. The van der Waals surface area contributed by atoms with Crippen molar-refractivity contribution < 1.29 is 5.11 Å². The van der Waals surface area contributed by atoms with Crippen LogP contribution in [0.1, 0.15) is 25.5 Å². The second-order valence-corrected chi connectivity index (χ2v) is 5.89. The minimum atomic E-state index is -0.667. The lowest BCUT2D eigenvalue weighted by molar-refractivity contribution is 0.0821. The zero-order valence-corrected chi connectivity index (χ0v) is 12.1. The van der Waals surface area contributed by atoms with E-state index in [1.807, 2.05) is 37.4 Å². The predicted octanol–water partition coefficient (Wildman–Crippen LogP) is 3.10. The van der Waals surface area contributed by atoms with Gasteiger partial charge in [0.05, 0.1) is 5.60 Å². The molecule has 0 aliphatic carbocycles. The molecular formula is C13H20ClNOS. The van der Waals surface area contributed by atoms with E-state index in [2.05, 4.69) is 12.2 Å². The molecule has 0 aliphatic rings. The third-order valence-corrected chi connectivity index (χ3v) is 3.78. The lowest BCUT2D eigenvalue weighted by atomic mass is 10.1. The van der Waals surface area contributed by atoms with E-state index in [-0.39, 0.29) is 6.04 Å². The van der Waals surface area contributed by atoms with Crippen LogP contribution < -0.4 is 5.32 Å². The normalized spacial score (nSPS) is 16.5. The van der Waals surface area contributed by atoms with Crippen LogP contribution in [0.4, 0.5) is 0 Å². The van der Waals surface area contributed by atoms with Crippen molar-refractivity contribution in [3.63, 3.8) is 0 Å². The predicted molar refractivity (Wildman–Crippen MR) is 76.9 cm³/mol. The van der Waals surface area contributed by atoms with Gasteiger partial charge in [0.1, 0.15) is 0 Å². The summed E-state index contributed by atoms with van der Waals surface area (Å²) in [6.07, 6.45) is 2.00. The quantitative estimate of drug-likeness (QED) is 0.835. The highest BCUT2D eigenvalue weighted by atomic mass is 35.5. The molecule has 0 spiro atoms. The third kappa shape index (κ3) is 5.30. The molecule has 0 radical (unpaired) electrons. The summed E-state index contributed by atoms with van der Waals surface area (Å²) in [4.78, 5) is 0. The van der Waals surface area contributed by atoms with Gasteiger partial charge in [-0.05, 0) is 37.8 Å².